The van der Waals surface area contributed by atoms with E-state index in [4.69, 9.17) is 20.9 Å². The number of nitro benzene ring substituents is 1. The van der Waals surface area contributed by atoms with Crippen molar-refractivity contribution in [2.75, 3.05) is 42.7 Å². The third-order valence-electron chi connectivity index (χ3n) is 3.91. The van der Waals surface area contributed by atoms with E-state index in [-0.39, 0.29) is 18.9 Å². The molecule has 2 rings (SSSR count). The fourth-order valence-electron chi connectivity index (χ4n) is 2.28. The molecular formula is C22H26N4O6. The SMILES string of the molecule is C=CC(=O)OCCN(CCOC(=O)C=C)c1ccc(N)cc1.Nc1ccc([N+](=O)[O-])cc1. The van der Waals surface area contributed by atoms with Gasteiger partial charge in [-0.2, -0.15) is 0 Å². The van der Waals surface area contributed by atoms with Crippen LogP contribution in [0.25, 0.3) is 0 Å². The largest absolute Gasteiger partial charge is 0.461 e. The molecule has 0 unspecified atom stereocenters. The summed E-state index contributed by atoms with van der Waals surface area (Å²) in [6.07, 6.45) is 2.22. The highest BCUT2D eigenvalue weighted by molar-refractivity contribution is 5.81. The van der Waals surface area contributed by atoms with Crippen molar-refractivity contribution in [2.45, 2.75) is 0 Å². The number of ether oxygens (including phenoxy) is 2. The molecule has 0 fully saturated rings. The number of benzene rings is 2. The van der Waals surface area contributed by atoms with Crippen LogP contribution in [0.4, 0.5) is 22.7 Å². The van der Waals surface area contributed by atoms with Gasteiger partial charge in [-0.25, -0.2) is 9.59 Å². The van der Waals surface area contributed by atoms with E-state index in [1.54, 1.807) is 12.1 Å². The van der Waals surface area contributed by atoms with Crippen LogP contribution in [-0.2, 0) is 19.1 Å². The molecule has 0 radical (unpaired) electrons. The van der Waals surface area contributed by atoms with Crippen LogP contribution in [0.15, 0.2) is 73.8 Å². The summed E-state index contributed by atoms with van der Waals surface area (Å²) in [5.74, 6) is -0.953. The standard InChI is InChI=1S/C16H20N2O4.C6H6N2O2/c1-3-15(19)21-11-9-18(10-12-22-16(20)4-2)14-7-5-13(17)6-8-14;7-5-1-3-6(4-2-5)8(9)10/h3-8H,1-2,9-12,17H2;1-4H,7H2. The van der Waals surface area contributed by atoms with Gasteiger partial charge in [0.25, 0.3) is 5.69 Å². The number of hydrogen-bond acceptors (Lipinski definition) is 9. The number of nitrogen functional groups attached to an aromatic ring is 2. The maximum absolute atomic E-state index is 11.1. The average Bonchev–Trinajstić information content (AvgIpc) is 2.79. The quantitative estimate of drug-likeness (QED) is 0.186. The summed E-state index contributed by atoms with van der Waals surface area (Å²) in [4.78, 5) is 33.7. The van der Waals surface area contributed by atoms with Crippen LogP contribution in [0.5, 0.6) is 0 Å². The lowest BCUT2D eigenvalue weighted by Crippen LogP contribution is -2.32. The zero-order valence-electron chi connectivity index (χ0n) is 17.5. The van der Waals surface area contributed by atoms with Gasteiger partial charge in [0.2, 0.25) is 0 Å². The molecule has 2 aromatic carbocycles. The molecule has 0 saturated heterocycles. The minimum absolute atomic E-state index is 0.0641. The van der Waals surface area contributed by atoms with Gasteiger partial charge in [0.1, 0.15) is 13.2 Å². The molecule has 0 saturated carbocycles. The summed E-state index contributed by atoms with van der Waals surface area (Å²) >= 11 is 0. The second-order valence-electron chi connectivity index (χ2n) is 6.17. The molecule has 4 N–H and O–H groups in total. The molecule has 0 amide bonds. The number of esters is 2. The molecule has 170 valence electrons. The van der Waals surface area contributed by atoms with E-state index in [1.165, 1.54) is 24.3 Å². The minimum Gasteiger partial charge on any atom is -0.461 e. The van der Waals surface area contributed by atoms with Crippen molar-refractivity contribution in [1.82, 2.24) is 0 Å². The lowest BCUT2D eigenvalue weighted by Gasteiger charge is -2.24. The minimum atomic E-state index is -0.477. The highest BCUT2D eigenvalue weighted by atomic mass is 16.6. The number of anilines is 3. The predicted molar refractivity (Wildman–Crippen MR) is 123 cm³/mol. The van der Waals surface area contributed by atoms with Gasteiger partial charge in [0.15, 0.2) is 0 Å². The highest BCUT2D eigenvalue weighted by Crippen LogP contribution is 2.16. The lowest BCUT2D eigenvalue weighted by molar-refractivity contribution is -0.384. The molecule has 0 aromatic heterocycles. The summed E-state index contributed by atoms with van der Waals surface area (Å²) < 4.78 is 9.94. The van der Waals surface area contributed by atoms with Crippen molar-refractivity contribution < 1.29 is 24.0 Å². The summed E-state index contributed by atoms with van der Waals surface area (Å²) in [6.45, 7) is 7.98. The highest BCUT2D eigenvalue weighted by Gasteiger charge is 2.09. The fraction of sp³-hybridized carbons (Fsp3) is 0.182. The Bertz CT molecular complexity index is 887. The number of rotatable bonds is 10. The first-order chi connectivity index (χ1) is 15.3. The van der Waals surface area contributed by atoms with Crippen molar-refractivity contribution in [1.29, 1.82) is 0 Å². The van der Waals surface area contributed by atoms with Crippen LogP contribution in [0, 0.1) is 10.1 Å². The van der Waals surface area contributed by atoms with Gasteiger partial charge < -0.3 is 25.8 Å². The zero-order valence-corrected chi connectivity index (χ0v) is 17.5. The van der Waals surface area contributed by atoms with Gasteiger partial charge in [0.05, 0.1) is 18.0 Å². The molecule has 0 bridgehead atoms. The van der Waals surface area contributed by atoms with E-state index in [1.807, 2.05) is 17.0 Å². The second-order valence-corrected chi connectivity index (χ2v) is 6.17. The molecule has 0 heterocycles. The number of nitrogens with two attached hydrogens (primary N) is 2. The van der Waals surface area contributed by atoms with E-state index >= 15 is 0 Å². The first-order valence-electron chi connectivity index (χ1n) is 9.45. The Morgan fingerprint density at radius 1 is 0.875 bits per heavy atom. The molecule has 0 aliphatic rings. The third kappa shape index (κ3) is 9.92. The van der Waals surface area contributed by atoms with Crippen molar-refractivity contribution in [3.63, 3.8) is 0 Å². The number of non-ortho nitro benzene ring substituents is 1. The third-order valence-corrected chi connectivity index (χ3v) is 3.91. The Morgan fingerprint density at radius 3 is 1.66 bits per heavy atom. The van der Waals surface area contributed by atoms with E-state index in [0.717, 1.165) is 17.8 Å². The van der Waals surface area contributed by atoms with Gasteiger partial charge in [-0.15, -0.1) is 0 Å². The van der Waals surface area contributed by atoms with Crippen LogP contribution in [0.2, 0.25) is 0 Å². The van der Waals surface area contributed by atoms with Gasteiger partial charge in [-0.3, -0.25) is 10.1 Å². The maximum atomic E-state index is 11.1. The van der Waals surface area contributed by atoms with E-state index in [2.05, 4.69) is 13.2 Å². The average molecular weight is 442 g/mol. The Kier molecular flexibility index (Phi) is 11.1. The van der Waals surface area contributed by atoms with Crippen LogP contribution in [0.1, 0.15) is 0 Å². The summed E-state index contributed by atoms with van der Waals surface area (Å²) in [5.41, 5.74) is 13.1. The van der Waals surface area contributed by atoms with Crippen LogP contribution >= 0.6 is 0 Å². The Morgan fingerprint density at radius 2 is 1.28 bits per heavy atom. The molecule has 0 atom stereocenters. The van der Waals surface area contributed by atoms with E-state index < -0.39 is 16.9 Å². The molecule has 0 aliphatic carbocycles. The molecule has 10 nitrogen and oxygen atoms in total. The Hall–Kier alpha value is -4.34. The molecule has 32 heavy (non-hydrogen) atoms. The first kappa shape index (κ1) is 25.7. The summed E-state index contributed by atoms with van der Waals surface area (Å²) in [6, 6.07) is 13.0. The lowest BCUT2D eigenvalue weighted by atomic mass is 10.2. The second kappa shape index (κ2) is 13.8. The number of carbonyl (C=O) groups excluding carboxylic acids is 2. The summed E-state index contributed by atoms with van der Waals surface area (Å²) in [7, 11) is 0. The van der Waals surface area contributed by atoms with Crippen LogP contribution in [-0.4, -0.2) is 43.2 Å². The van der Waals surface area contributed by atoms with Gasteiger partial charge in [0, 0.05) is 41.3 Å². The van der Waals surface area contributed by atoms with E-state index in [0.29, 0.717) is 24.5 Å². The van der Waals surface area contributed by atoms with Crippen LogP contribution < -0.4 is 16.4 Å². The molecule has 0 aliphatic heterocycles. The molecular weight excluding hydrogens is 416 g/mol. The van der Waals surface area contributed by atoms with Gasteiger partial charge in [-0.05, 0) is 36.4 Å². The van der Waals surface area contributed by atoms with Crippen molar-refractivity contribution in [3.8, 4) is 0 Å². The monoisotopic (exact) mass is 442 g/mol. The molecule has 10 heteroatoms. The zero-order chi connectivity index (χ0) is 23.9. The van der Waals surface area contributed by atoms with Crippen molar-refractivity contribution >= 4 is 34.7 Å². The van der Waals surface area contributed by atoms with Crippen molar-refractivity contribution in [3.05, 3.63) is 84.0 Å². The number of nitro groups is 1. The Balaban J connectivity index is 0.000000425. The normalized spacial score (nSPS) is 9.50. The number of carbonyl (C=O) groups is 2. The fourth-order valence-corrected chi connectivity index (χ4v) is 2.28. The van der Waals surface area contributed by atoms with Gasteiger partial charge >= 0.3 is 11.9 Å². The summed E-state index contributed by atoms with van der Waals surface area (Å²) in [5, 5.41) is 10.1. The first-order valence-corrected chi connectivity index (χ1v) is 9.45. The smallest absolute Gasteiger partial charge is 0.330 e. The topological polar surface area (TPSA) is 151 Å². The predicted octanol–water partition coefficient (Wildman–Crippen LogP) is 2.71. The van der Waals surface area contributed by atoms with Crippen LogP contribution in [0.3, 0.4) is 0 Å². The van der Waals surface area contributed by atoms with E-state index in [9.17, 15) is 19.7 Å². The number of hydrogen-bond donors (Lipinski definition) is 2. The maximum Gasteiger partial charge on any atom is 0.330 e. The molecule has 2 aromatic rings. The number of nitrogens with zero attached hydrogens (tertiary/aromatic N) is 2. The van der Waals surface area contributed by atoms with Crippen molar-refractivity contribution in [2.24, 2.45) is 0 Å². The Labute approximate surface area is 185 Å². The van der Waals surface area contributed by atoms with Gasteiger partial charge in [-0.1, -0.05) is 13.2 Å². The molecule has 0 spiro atoms.